The van der Waals surface area contributed by atoms with Gasteiger partial charge >= 0.3 is 0 Å². The van der Waals surface area contributed by atoms with Crippen LogP contribution in [0.4, 0.5) is 4.39 Å². The lowest BCUT2D eigenvalue weighted by atomic mass is 10.1. The third-order valence-corrected chi connectivity index (χ3v) is 1.74. The van der Waals surface area contributed by atoms with Gasteiger partial charge in [0, 0.05) is 5.02 Å². The summed E-state index contributed by atoms with van der Waals surface area (Å²) >= 11 is 5.61. The van der Waals surface area contributed by atoms with Crippen molar-refractivity contribution >= 4 is 11.6 Å². The predicted octanol–water partition coefficient (Wildman–Crippen LogP) is 3.27. The molecule has 0 saturated carbocycles. The first-order chi connectivity index (χ1) is 5.74. The lowest BCUT2D eigenvalue weighted by Gasteiger charge is -2.00. The molecule has 1 aromatic carbocycles. The van der Waals surface area contributed by atoms with Gasteiger partial charge in [-0.2, -0.15) is 0 Å². The first-order valence-electron chi connectivity index (χ1n) is 3.47. The van der Waals surface area contributed by atoms with Gasteiger partial charge in [-0.3, -0.25) is 0 Å². The van der Waals surface area contributed by atoms with Crippen molar-refractivity contribution in [1.29, 1.82) is 0 Å². The highest BCUT2D eigenvalue weighted by Gasteiger charge is 2.11. The van der Waals surface area contributed by atoms with Gasteiger partial charge in [-0.05, 0) is 17.7 Å². The van der Waals surface area contributed by atoms with Crippen LogP contribution >= 0.6 is 11.6 Å². The molecule has 1 atom stereocenters. The zero-order chi connectivity index (χ0) is 8.97. The zero-order valence-corrected chi connectivity index (χ0v) is 7.05. The molecule has 0 radical (unpaired) electrons. The Balaban J connectivity index is 2.76. The van der Waals surface area contributed by atoms with Crippen molar-refractivity contribution in [2.75, 3.05) is 6.54 Å². The van der Waals surface area contributed by atoms with Gasteiger partial charge < -0.3 is 4.85 Å². The average molecular weight is 184 g/mol. The molecule has 0 saturated heterocycles. The summed E-state index contributed by atoms with van der Waals surface area (Å²) in [4.78, 5) is 2.98. The summed E-state index contributed by atoms with van der Waals surface area (Å²) in [6.07, 6.45) is -1.19. The van der Waals surface area contributed by atoms with Crippen LogP contribution in [0.25, 0.3) is 4.85 Å². The van der Waals surface area contributed by atoms with E-state index < -0.39 is 6.17 Å². The standard InChI is InChI=1S/C9H7ClFN/c1-12-6-9(11)7-2-4-8(10)5-3-7/h2-5,9H,6H2. The Morgan fingerprint density at radius 2 is 2.00 bits per heavy atom. The lowest BCUT2D eigenvalue weighted by molar-refractivity contribution is 0.367. The quantitative estimate of drug-likeness (QED) is 0.620. The molecule has 0 fully saturated rings. The first-order valence-corrected chi connectivity index (χ1v) is 3.84. The number of hydrogen-bond acceptors (Lipinski definition) is 0. The van der Waals surface area contributed by atoms with Crippen LogP contribution in [0.5, 0.6) is 0 Å². The van der Waals surface area contributed by atoms with Gasteiger partial charge in [0.2, 0.25) is 6.54 Å². The molecule has 1 rings (SSSR count). The van der Waals surface area contributed by atoms with E-state index in [2.05, 4.69) is 4.85 Å². The van der Waals surface area contributed by atoms with Crippen molar-refractivity contribution < 1.29 is 4.39 Å². The van der Waals surface area contributed by atoms with Crippen LogP contribution in [-0.2, 0) is 0 Å². The summed E-state index contributed by atoms with van der Waals surface area (Å²) < 4.78 is 13.0. The van der Waals surface area contributed by atoms with Gasteiger partial charge in [0.05, 0.1) is 0 Å². The third-order valence-electron chi connectivity index (χ3n) is 1.48. The molecular formula is C9H7ClFN. The van der Waals surface area contributed by atoms with Crippen LogP contribution in [0, 0.1) is 6.57 Å². The highest BCUT2D eigenvalue weighted by molar-refractivity contribution is 6.30. The zero-order valence-electron chi connectivity index (χ0n) is 6.30. The molecule has 0 spiro atoms. The maximum Gasteiger partial charge on any atom is 0.249 e. The van der Waals surface area contributed by atoms with Crippen LogP contribution in [0.15, 0.2) is 24.3 Å². The lowest BCUT2D eigenvalue weighted by Crippen LogP contribution is -1.93. The fourth-order valence-corrected chi connectivity index (χ4v) is 0.983. The Bertz CT molecular complexity index is 288. The molecule has 12 heavy (non-hydrogen) atoms. The predicted molar refractivity (Wildman–Crippen MR) is 46.8 cm³/mol. The molecule has 1 aromatic rings. The summed E-state index contributed by atoms with van der Waals surface area (Å²) in [7, 11) is 0. The first kappa shape index (κ1) is 9.02. The molecule has 3 heteroatoms. The summed E-state index contributed by atoms with van der Waals surface area (Å²) in [5.41, 5.74) is 0.510. The monoisotopic (exact) mass is 183 g/mol. The maximum absolute atomic E-state index is 13.0. The van der Waals surface area contributed by atoms with Crippen molar-refractivity contribution in [1.82, 2.24) is 0 Å². The fourth-order valence-electron chi connectivity index (χ4n) is 0.857. The topological polar surface area (TPSA) is 4.36 Å². The van der Waals surface area contributed by atoms with Gasteiger partial charge in [0.1, 0.15) is 0 Å². The molecule has 0 heterocycles. The largest absolute Gasteiger partial charge is 0.313 e. The van der Waals surface area contributed by atoms with Crippen molar-refractivity contribution in [3.63, 3.8) is 0 Å². The van der Waals surface area contributed by atoms with Crippen molar-refractivity contribution in [3.8, 4) is 0 Å². The molecule has 62 valence electrons. The summed E-state index contributed by atoms with van der Waals surface area (Å²) in [5, 5.41) is 0.578. The van der Waals surface area contributed by atoms with Crippen molar-refractivity contribution in [3.05, 3.63) is 46.3 Å². The van der Waals surface area contributed by atoms with Gasteiger partial charge in [-0.25, -0.2) is 11.0 Å². The average Bonchev–Trinajstić information content (AvgIpc) is 2.06. The Labute approximate surface area is 75.6 Å². The molecular weight excluding hydrogens is 177 g/mol. The number of nitrogens with zero attached hydrogens (tertiary/aromatic N) is 1. The molecule has 0 aliphatic carbocycles. The highest BCUT2D eigenvalue weighted by atomic mass is 35.5. The van der Waals surface area contributed by atoms with Crippen LogP contribution in [0.1, 0.15) is 11.7 Å². The van der Waals surface area contributed by atoms with E-state index in [1.165, 1.54) is 0 Å². The van der Waals surface area contributed by atoms with Crippen LogP contribution in [0.2, 0.25) is 5.02 Å². The Morgan fingerprint density at radius 3 is 2.50 bits per heavy atom. The van der Waals surface area contributed by atoms with E-state index in [9.17, 15) is 4.39 Å². The molecule has 0 aromatic heterocycles. The molecule has 0 amide bonds. The maximum atomic E-state index is 13.0. The van der Waals surface area contributed by atoms with E-state index in [4.69, 9.17) is 18.2 Å². The van der Waals surface area contributed by atoms with Crippen LogP contribution < -0.4 is 0 Å². The number of rotatable bonds is 2. The fraction of sp³-hybridized carbons (Fsp3) is 0.222. The number of benzene rings is 1. The van der Waals surface area contributed by atoms with E-state index >= 15 is 0 Å². The molecule has 0 aliphatic heterocycles. The minimum Gasteiger partial charge on any atom is -0.313 e. The van der Waals surface area contributed by atoms with E-state index in [1.807, 2.05) is 0 Å². The second-order valence-electron chi connectivity index (χ2n) is 2.36. The van der Waals surface area contributed by atoms with Crippen LogP contribution in [0.3, 0.4) is 0 Å². The summed E-state index contributed by atoms with van der Waals surface area (Å²) in [6.45, 7) is 6.36. The number of hydrogen-bond donors (Lipinski definition) is 0. The number of halogens is 2. The SMILES string of the molecule is [C-]#[N+]CC(F)c1ccc(Cl)cc1. The van der Waals surface area contributed by atoms with E-state index in [1.54, 1.807) is 24.3 Å². The second kappa shape index (κ2) is 4.08. The van der Waals surface area contributed by atoms with Gasteiger partial charge in [-0.1, -0.05) is 23.7 Å². The highest BCUT2D eigenvalue weighted by Crippen LogP contribution is 2.19. The number of alkyl halides is 1. The van der Waals surface area contributed by atoms with E-state index in [-0.39, 0.29) is 6.54 Å². The third kappa shape index (κ3) is 2.21. The minimum absolute atomic E-state index is 0.123. The van der Waals surface area contributed by atoms with Gasteiger partial charge in [-0.15, -0.1) is 0 Å². The van der Waals surface area contributed by atoms with E-state index in [0.29, 0.717) is 10.6 Å². The van der Waals surface area contributed by atoms with Crippen LogP contribution in [-0.4, -0.2) is 6.54 Å². The summed E-state index contributed by atoms with van der Waals surface area (Å²) in [6, 6.07) is 6.43. The molecule has 1 unspecified atom stereocenters. The minimum atomic E-state index is -1.19. The molecule has 1 nitrogen and oxygen atoms in total. The normalized spacial score (nSPS) is 12.1. The summed E-state index contributed by atoms with van der Waals surface area (Å²) in [5.74, 6) is 0. The van der Waals surface area contributed by atoms with Gasteiger partial charge in [0.15, 0.2) is 6.17 Å². The smallest absolute Gasteiger partial charge is 0.249 e. The second-order valence-corrected chi connectivity index (χ2v) is 2.80. The van der Waals surface area contributed by atoms with Crippen molar-refractivity contribution in [2.45, 2.75) is 6.17 Å². The molecule has 0 bridgehead atoms. The van der Waals surface area contributed by atoms with Gasteiger partial charge in [0.25, 0.3) is 0 Å². The molecule has 0 aliphatic rings. The van der Waals surface area contributed by atoms with Crippen molar-refractivity contribution in [2.24, 2.45) is 0 Å². The molecule has 0 N–H and O–H groups in total. The van der Waals surface area contributed by atoms with E-state index in [0.717, 1.165) is 0 Å². The Hall–Kier alpha value is -1.07. The Morgan fingerprint density at radius 1 is 1.42 bits per heavy atom. The Kier molecular flexibility index (Phi) is 3.07.